The van der Waals surface area contributed by atoms with Crippen molar-refractivity contribution in [3.05, 3.63) is 45.8 Å². The number of amides is 1. The van der Waals surface area contributed by atoms with Gasteiger partial charge in [0.2, 0.25) is 5.76 Å². The summed E-state index contributed by atoms with van der Waals surface area (Å²) in [4.78, 5) is 11.7. The Bertz CT molecular complexity index is 660. The summed E-state index contributed by atoms with van der Waals surface area (Å²) in [5.74, 6) is -0.00524. The second-order valence-electron chi connectivity index (χ2n) is 4.56. The molecule has 1 aromatic heterocycles. The van der Waals surface area contributed by atoms with Crippen molar-refractivity contribution < 1.29 is 19.2 Å². The van der Waals surface area contributed by atoms with Crippen molar-refractivity contribution in [2.45, 2.75) is 13.0 Å². The SMILES string of the molecule is Cc1cc(C(=O)NC[C@@H](O)COc2cccc(Cl)c2Cl)on1. The zero-order chi connectivity index (χ0) is 16.1. The number of nitrogens with one attached hydrogen (secondary N) is 1. The van der Waals surface area contributed by atoms with Gasteiger partial charge < -0.3 is 19.7 Å². The smallest absolute Gasteiger partial charge is 0.289 e. The van der Waals surface area contributed by atoms with Crippen LogP contribution in [0.4, 0.5) is 0 Å². The second-order valence-corrected chi connectivity index (χ2v) is 5.34. The summed E-state index contributed by atoms with van der Waals surface area (Å²) in [5, 5.41) is 16.6. The van der Waals surface area contributed by atoms with Crippen molar-refractivity contribution in [2.24, 2.45) is 0 Å². The van der Waals surface area contributed by atoms with Crippen LogP contribution in [0.2, 0.25) is 10.0 Å². The van der Waals surface area contributed by atoms with Crippen molar-refractivity contribution in [1.29, 1.82) is 0 Å². The first kappa shape index (κ1) is 16.6. The number of carbonyl (C=O) groups excluding carboxylic acids is 1. The fourth-order valence-electron chi connectivity index (χ4n) is 1.61. The van der Waals surface area contributed by atoms with Gasteiger partial charge in [-0.05, 0) is 19.1 Å². The largest absolute Gasteiger partial charge is 0.489 e. The lowest BCUT2D eigenvalue weighted by Crippen LogP contribution is -2.35. The normalized spacial score (nSPS) is 12.0. The van der Waals surface area contributed by atoms with Gasteiger partial charge in [0.05, 0.1) is 10.7 Å². The minimum Gasteiger partial charge on any atom is -0.489 e. The molecule has 1 amide bonds. The molecule has 1 atom stereocenters. The predicted molar refractivity (Wildman–Crippen MR) is 81.5 cm³/mol. The van der Waals surface area contributed by atoms with Gasteiger partial charge in [0.15, 0.2) is 0 Å². The summed E-state index contributed by atoms with van der Waals surface area (Å²) in [6.45, 7) is 1.66. The minimum absolute atomic E-state index is 0.00321. The quantitative estimate of drug-likeness (QED) is 0.840. The number of aromatic nitrogens is 1. The number of halogens is 2. The lowest BCUT2D eigenvalue weighted by Gasteiger charge is -2.13. The van der Waals surface area contributed by atoms with E-state index >= 15 is 0 Å². The Balaban J connectivity index is 1.79. The summed E-state index contributed by atoms with van der Waals surface area (Å²) < 4.78 is 10.2. The second kappa shape index (κ2) is 7.49. The number of nitrogens with zero attached hydrogens (tertiary/aromatic N) is 1. The number of carbonyl (C=O) groups is 1. The van der Waals surface area contributed by atoms with Crippen LogP contribution in [0.25, 0.3) is 0 Å². The first-order valence-corrected chi connectivity index (χ1v) is 7.19. The molecule has 0 aliphatic heterocycles. The van der Waals surface area contributed by atoms with Crippen molar-refractivity contribution in [2.75, 3.05) is 13.2 Å². The van der Waals surface area contributed by atoms with Crippen LogP contribution >= 0.6 is 23.2 Å². The molecule has 0 aliphatic rings. The van der Waals surface area contributed by atoms with Crippen molar-refractivity contribution in [1.82, 2.24) is 10.5 Å². The van der Waals surface area contributed by atoms with Gasteiger partial charge in [0.25, 0.3) is 5.91 Å². The molecule has 0 aliphatic carbocycles. The number of aliphatic hydroxyl groups is 1. The molecule has 0 unspecified atom stereocenters. The number of benzene rings is 1. The van der Waals surface area contributed by atoms with E-state index in [1.165, 1.54) is 6.07 Å². The molecule has 0 saturated carbocycles. The van der Waals surface area contributed by atoms with E-state index in [0.29, 0.717) is 16.5 Å². The van der Waals surface area contributed by atoms with Crippen molar-refractivity contribution in [3.63, 3.8) is 0 Å². The van der Waals surface area contributed by atoms with Crippen LogP contribution in [0.3, 0.4) is 0 Å². The van der Waals surface area contributed by atoms with Gasteiger partial charge in [-0.2, -0.15) is 0 Å². The molecule has 2 aromatic rings. The summed E-state index contributed by atoms with van der Waals surface area (Å²) in [5.41, 5.74) is 0.602. The van der Waals surface area contributed by atoms with Gasteiger partial charge in [-0.1, -0.05) is 34.4 Å². The Morgan fingerprint density at radius 2 is 2.27 bits per heavy atom. The highest BCUT2D eigenvalue weighted by Crippen LogP contribution is 2.31. The molecule has 118 valence electrons. The fourth-order valence-corrected chi connectivity index (χ4v) is 1.96. The Morgan fingerprint density at radius 1 is 1.50 bits per heavy atom. The molecule has 0 bridgehead atoms. The van der Waals surface area contributed by atoms with Crippen LogP contribution < -0.4 is 10.1 Å². The molecular weight excluding hydrogens is 331 g/mol. The number of hydrogen-bond acceptors (Lipinski definition) is 5. The average Bonchev–Trinajstić information content (AvgIpc) is 2.93. The molecule has 0 saturated heterocycles. The summed E-state index contributed by atoms with van der Waals surface area (Å²) in [6, 6.07) is 6.46. The third kappa shape index (κ3) is 4.37. The number of aryl methyl sites for hydroxylation is 1. The Hall–Kier alpha value is -1.76. The lowest BCUT2D eigenvalue weighted by atomic mass is 10.3. The maximum Gasteiger partial charge on any atom is 0.289 e. The minimum atomic E-state index is -0.914. The summed E-state index contributed by atoms with van der Waals surface area (Å²) in [7, 11) is 0. The number of ether oxygens (including phenoxy) is 1. The Labute approximate surface area is 137 Å². The van der Waals surface area contributed by atoms with E-state index in [1.54, 1.807) is 25.1 Å². The first-order chi connectivity index (χ1) is 10.5. The highest BCUT2D eigenvalue weighted by molar-refractivity contribution is 6.42. The molecule has 0 fully saturated rings. The van der Waals surface area contributed by atoms with E-state index in [4.69, 9.17) is 32.5 Å². The van der Waals surface area contributed by atoms with E-state index in [2.05, 4.69) is 10.5 Å². The summed E-state index contributed by atoms with van der Waals surface area (Å²) in [6.07, 6.45) is -0.914. The number of rotatable bonds is 6. The van der Waals surface area contributed by atoms with E-state index in [-0.39, 0.29) is 23.9 Å². The predicted octanol–water partition coefficient (Wildman–Crippen LogP) is 2.46. The molecule has 22 heavy (non-hydrogen) atoms. The third-order valence-electron chi connectivity index (χ3n) is 2.70. The van der Waals surface area contributed by atoms with E-state index in [1.807, 2.05) is 0 Å². The molecule has 8 heteroatoms. The topological polar surface area (TPSA) is 84.6 Å². The van der Waals surface area contributed by atoms with E-state index in [9.17, 15) is 9.90 Å². The lowest BCUT2D eigenvalue weighted by molar-refractivity contribution is 0.0815. The van der Waals surface area contributed by atoms with Crippen molar-refractivity contribution in [3.8, 4) is 5.75 Å². The monoisotopic (exact) mass is 344 g/mol. The zero-order valence-corrected chi connectivity index (χ0v) is 13.2. The standard InChI is InChI=1S/C14H14Cl2N2O4/c1-8-5-12(22-18-8)14(20)17-6-9(19)7-21-11-4-2-3-10(15)13(11)16/h2-5,9,19H,6-7H2,1H3,(H,17,20)/t9-/m1/s1. The van der Waals surface area contributed by atoms with E-state index in [0.717, 1.165) is 0 Å². The first-order valence-electron chi connectivity index (χ1n) is 6.43. The van der Waals surface area contributed by atoms with Gasteiger partial charge in [0.1, 0.15) is 23.5 Å². The number of aliphatic hydroxyl groups excluding tert-OH is 1. The molecule has 1 aromatic carbocycles. The molecule has 1 heterocycles. The van der Waals surface area contributed by atoms with Gasteiger partial charge in [-0.3, -0.25) is 4.79 Å². The van der Waals surface area contributed by atoms with Gasteiger partial charge in [0, 0.05) is 12.6 Å². The highest BCUT2D eigenvalue weighted by Gasteiger charge is 2.14. The average molecular weight is 345 g/mol. The molecule has 2 rings (SSSR count). The maximum absolute atomic E-state index is 11.7. The highest BCUT2D eigenvalue weighted by atomic mass is 35.5. The van der Waals surface area contributed by atoms with Gasteiger partial charge in [-0.25, -0.2) is 0 Å². The third-order valence-corrected chi connectivity index (χ3v) is 3.50. The summed E-state index contributed by atoms with van der Waals surface area (Å²) >= 11 is 11.8. The van der Waals surface area contributed by atoms with Crippen LogP contribution in [0.15, 0.2) is 28.8 Å². The molecule has 0 radical (unpaired) electrons. The number of hydrogen-bond donors (Lipinski definition) is 2. The van der Waals surface area contributed by atoms with E-state index < -0.39 is 12.0 Å². The molecular formula is C14H14Cl2N2O4. The maximum atomic E-state index is 11.7. The molecule has 2 N–H and O–H groups in total. The van der Waals surface area contributed by atoms with Crippen molar-refractivity contribution >= 4 is 29.1 Å². The zero-order valence-electron chi connectivity index (χ0n) is 11.7. The van der Waals surface area contributed by atoms with Crippen LogP contribution in [-0.4, -0.2) is 35.4 Å². The van der Waals surface area contributed by atoms with Gasteiger partial charge >= 0.3 is 0 Å². The van der Waals surface area contributed by atoms with Gasteiger partial charge in [-0.15, -0.1) is 0 Å². The Morgan fingerprint density at radius 3 is 2.95 bits per heavy atom. The molecule has 0 spiro atoms. The molecule has 6 nitrogen and oxygen atoms in total. The Kier molecular flexibility index (Phi) is 5.65. The van der Waals surface area contributed by atoms with Crippen LogP contribution in [0, 0.1) is 6.92 Å². The fraction of sp³-hybridized carbons (Fsp3) is 0.286. The van der Waals surface area contributed by atoms with Crippen LogP contribution in [-0.2, 0) is 0 Å². The van der Waals surface area contributed by atoms with Crippen LogP contribution in [0.1, 0.15) is 16.2 Å². The van der Waals surface area contributed by atoms with Crippen LogP contribution in [0.5, 0.6) is 5.75 Å².